The van der Waals surface area contributed by atoms with Crippen LogP contribution in [0.5, 0.6) is 0 Å². The zero-order valence-corrected chi connectivity index (χ0v) is 18.5. The van der Waals surface area contributed by atoms with Crippen molar-refractivity contribution in [1.29, 1.82) is 0 Å². The van der Waals surface area contributed by atoms with E-state index < -0.39 is 10.0 Å². The van der Waals surface area contributed by atoms with Gasteiger partial charge in [-0.2, -0.15) is 4.31 Å². The summed E-state index contributed by atoms with van der Waals surface area (Å²) in [5.74, 6) is 0.287. The van der Waals surface area contributed by atoms with Crippen LogP contribution in [0.1, 0.15) is 32.3 Å². The minimum absolute atomic E-state index is 0.120. The molecule has 1 aliphatic rings. The molecule has 1 amide bonds. The molecule has 1 fully saturated rings. The summed E-state index contributed by atoms with van der Waals surface area (Å²) in [6.07, 6.45) is 5.02. The highest BCUT2D eigenvalue weighted by atomic mass is 32.2. The molecule has 0 radical (unpaired) electrons. The van der Waals surface area contributed by atoms with Crippen LogP contribution >= 0.6 is 0 Å². The van der Waals surface area contributed by atoms with Crippen LogP contribution in [0.4, 0.5) is 11.6 Å². The fourth-order valence-electron chi connectivity index (χ4n) is 3.73. The second-order valence-corrected chi connectivity index (χ2v) is 9.30. The van der Waals surface area contributed by atoms with E-state index in [1.165, 1.54) is 4.31 Å². The van der Waals surface area contributed by atoms with Gasteiger partial charge < -0.3 is 10.2 Å². The number of hydrogen-bond acceptors (Lipinski definition) is 6. The van der Waals surface area contributed by atoms with Crippen molar-refractivity contribution in [2.24, 2.45) is 5.92 Å². The predicted octanol–water partition coefficient (Wildman–Crippen LogP) is 2.67. The number of aromatic nitrogens is 2. The standard InChI is InChI=1S/C21H29N5O3S/c1-4-26(5-2)30(28,29)19-14-18(10-9-16(19)3)24-20(27)17-8-6-13-25(15-17)21-22-11-7-12-23-21/h7,9-12,14,17H,4-6,8,13,15H2,1-3H3,(H,24,27). The van der Waals surface area contributed by atoms with E-state index in [0.29, 0.717) is 36.8 Å². The zero-order valence-electron chi connectivity index (χ0n) is 17.7. The second-order valence-electron chi connectivity index (χ2n) is 7.39. The van der Waals surface area contributed by atoms with Crippen LogP contribution in [-0.4, -0.2) is 54.8 Å². The molecule has 9 heteroatoms. The smallest absolute Gasteiger partial charge is 0.243 e. The fourth-order valence-corrected chi connectivity index (χ4v) is 5.44. The number of nitrogens with zero attached hydrogens (tertiary/aromatic N) is 4. The minimum atomic E-state index is -3.60. The van der Waals surface area contributed by atoms with Gasteiger partial charge in [0.15, 0.2) is 0 Å². The van der Waals surface area contributed by atoms with Gasteiger partial charge in [0.05, 0.1) is 10.8 Å². The van der Waals surface area contributed by atoms with E-state index in [4.69, 9.17) is 0 Å². The van der Waals surface area contributed by atoms with Gasteiger partial charge in [0, 0.05) is 44.3 Å². The first-order valence-electron chi connectivity index (χ1n) is 10.3. The summed E-state index contributed by atoms with van der Waals surface area (Å²) in [4.78, 5) is 23.7. The molecule has 30 heavy (non-hydrogen) atoms. The predicted molar refractivity (Wildman–Crippen MR) is 117 cm³/mol. The second kappa shape index (κ2) is 9.53. The summed E-state index contributed by atoms with van der Waals surface area (Å²) in [6, 6.07) is 6.80. The lowest BCUT2D eigenvalue weighted by Gasteiger charge is -2.32. The highest BCUT2D eigenvalue weighted by Crippen LogP contribution is 2.25. The average molecular weight is 432 g/mol. The van der Waals surface area contributed by atoms with Crippen LogP contribution in [0.3, 0.4) is 0 Å². The van der Waals surface area contributed by atoms with Gasteiger partial charge in [-0.05, 0) is 43.5 Å². The van der Waals surface area contributed by atoms with Crippen molar-refractivity contribution < 1.29 is 13.2 Å². The summed E-state index contributed by atoms with van der Waals surface area (Å²) in [6.45, 7) is 7.53. The van der Waals surface area contributed by atoms with E-state index in [-0.39, 0.29) is 16.7 Å². The van der Waals surface area contributed by atoms with Gasteiger partial charge in [-0.1, -0.05) is 19.9 Å². The van der Waals surface area contributed by atoms with Crippen LogP contribution in [0.2, 0.25) is 0 Å². The molecule has 0 spiro atoms. The zero-order chi connectivity index (χ0) is 21.7. The summed E-state index contributed by atoms with van der Waals surface area (Å²) < 4.78 is 27.3. The van der Waals surface area contributed by atoms with E-state index in [9.17, 15) is 13.2 Å². The van der Waals surface area contributed by atoms with E-state index in [1.807, 2.05) is 18.7 Å². The molecule has 1 aromatic heterocycles. The number of rotatable bonds is 7. The third-order valence-corrected chi connectivity index (χ3v) is 7.60. The molecule has 2 aromatic rings. The molecule has 1 aliphatic heterocycles. The maximum atomic E-state index is 12.9. The van der Waals surface area contributed by atoms with Gasteiger partial charge >= 0.3 is 0 Å². The van der Waals surface area contributed by atoms with E-state index in [1.54, 1.807) is 43.6 Å². The van der Waals surface area contributed by atoms with Crippen molar-refractivity contribution >= 4 is 27.6 Å². The van der Waals surface area contributed by atoms with Crippen molar-refractivity contribution in [3.8, 4) is 0 Å². The van der Waals surface area contributed by atoms with Crippen molar-refractivity contribution in [1.82, 2.24) is 14.3 Å². The van der Waals surface area contributed by atoms with Crippen molar-refractivity contribution in [2.75, 3.05) is 36.4 Å². The molecule has 0 aliphatic carbocycles. The van der Waals surface area contributed by atoms with Crippen molar-refractivity contribution in [3.63, 3.8) is 0 Å². The van der Waals surface area contributed by atoms with Crippen LogP contribution < -0.4 is 10.2 Å². The lowest BCUT2D eigenvalue weighted by atomic mass is 9.97. The number of hydrogen-bond donors (Lipinski definition) is 1. The third-order valence-electron chi connectivity index (χ3n) is 5.41. The van der Waals surface area contributed by atoms with Crippen LogP contribution in [0, 0.1) is 12.8 Å². The first-order chi connectivity index (χ1) is 14.4. The molecule has 2 heterocycles. The molecule has 1 atom stereocenters. The van der Waals surface area contributed by atoms with E-state index in [2.05, 4.69) is 15.3 Å². The quantitative estimate of drug-likeness (QED) is 0.724. The number of carbonyl (C=O) groups excluding carboxylic acids is 1. The number of anilines is 2. The highest BCUT2D eigenvalue weighted by Gasteiger charge is 2.28. The lowest BCUT2D eigenvalue weighted by Crippen LogP contribution is -2.41. The molecular weight excluding hydrogens is 402 g/mol. The van der Waals surface area contributed by atoms with Gasteiger partial charge in [0.1, 0.15) is 0 Å². The molecule has 162 valence electrons. The molecule has 1 saturated heterocycles. The summed E-state index contributed by atoms with van der Waals surface area (Å²) in [5, 5.41) is 2.91. The normalized spacial score (nSPS) is 17.2. The first kappa shape index (κ1) is 22.2. The molecular formula is C21H29N5O3S. The van der Waals surface area contributed by atoms with Gasteiger partial charge in [-0.25, -0.2) is 18.4 Å². The Morgan fingerprint density at radius 3 is 2.60 bits per heavy atom. The Bertz CT molecular complexity index is 977. The number of aryl methyl sites for hydroxylation is 1. The average Bonchev–Trinajstić information content (AvgIpc) is 2.76. The number of nitrogens with one attached hydrogen (secondary N) is 1. The molecule has 8 nitrogen and oxygen atoms in total. The van der Waals surface area contributed by atoms with Crippen LogP contribution in [0.15, 0.2) is 41.6 Å². The Labute approximate surface area is 178 Å². The monoisotopic (exact) mass is 431 g/mol. The maximum absolute atomic E-state index is 12.9. The summed E-state index contributed by atoms with van der Waals surface area (Å²) >= 11 is 0. The van der Waals surface area contributed by atoms with Crippen molar-refractivity contribution in [2.45, 2.75) is 38.5 Å². The number of piperidine rings is 1. The van der Waals surface area contributed by atoms with Gasteiger partial charge in [-0.15, -0.1) is 0 Å². The lowest BCUT2D eigenvalue weighted by molar-refractivity contribution is -0.120. The Kier molecular flexibility index (Phi) is 7.04. The number of sulfonamides is 1. The molecule has 0 saturated carbocycles. The molecule has 3 rings (SSSR count). The minimum Gasteiger partial charge on any atom is -0.340 e. The molecule has 1 aromatic carbocycles. The van der Waals surface area contributed by atoms with Crippen molar-refractivity contribution in [3.05, 3.63) is 42.2 Å². The third kappa shape index (κ3) is 4.79. The fraction of sp³-hybridized carbons (Fsp3) is 0.476. The van der Waals surface area contributed by atoms with Crippen LogP contribution in [-0.2, 0) is 14.8 Å². The molecule has 0 bridgehead atoms. The van der Waals surface area contributed by atoms with Gasteiger partial charge in [-0.3, -0.25) is 4.79 Å². The summed E-state index contributed by atoms with van der Waals surface area (Å²) in [5.41, 5.74) is 1.15. The van der Waals surface area contributed by atoms with Gasteiger partial charge in [0.2, 0.25) is 21.9 Å². The number of carbonyl (C=O) groups is 1. The molecule has 1 N–H and O–H groups in total. The Morgan fingerprint density at radius 2 is 1.93 bits per heavy atom. The summed E-state index contributed by atoms with van der Waals surface area (Å²) in [7, 11) is -3.60. The molecule has 1 unspecified atom stereocenters. The van der Waals surface area contributed by atoms with Crippen LogP contribution in [0.25, 0.3) is 0 Å². The first-order valence-corrected chi connectivity index (χ1v) is 11.7. The topological polar surface area (TPSA) is 95.5 Å². The van der Waals surface area contributed by atoms with E-state index >= 15 is 0 Å². The Balaban J connectivity index is 1.75. The maximum Gasteiger partial charge on any atom is 0.243 e. The van der Waals surface area contributed by atoms with Gasteiger partial charge in [0.25, 0.3) is 0 Å². The van der Waals surface area contributed by atoms with E-state index in [0.717, 1.165) is 19.4 Å². The Morgan fingerprint density at radius 1 is 1.23 bits per heavy atom. The number of amides is 1. The highest BCUT2D eigenvalue weighted by molar-refractivity contribution is 7.89. The largest absolute Gasteiger partial charge is 0.340 e. The Hall–Kier alpha value is -2.52. The SMILES string of the molecule is CCN(CC)S(=O)(=O)c1cc(NC(=O)C2CCCN(c3ncccn3)C2)ccc1C. The number of benzene rings is 1.